The van der Waals surface area contributed by atoms with Gasteiger partial charge in [0.25, 0.3) is 0 Å². The Morgan fingerprint density at radius 3 is 2.86 bits per heavy atom. The molecular weight excluding hydrogens is 264 g/mol. The summed E-state index contributed by atoms with van der Waals surface area (Å²) in [6.07, 6.45) is 5.59. The van der Waals surface area contributed by atoms with E-state index in [1.807, 2.05) is 18.2 Å². The van der Waals surface area contributed by atoms with Crippen molar-refractivity contribution in [1.29, 1.82) is 0 Å². The Hall–Kier alpha value is -1.55. The van der Waals surface area contributed by atoms with Crippen LogP contribution in [0.5, 0.6) is 0 Å². The molecule has 4 heteroatoms. The number of rotatable bonds is 5. The first kappa shape index (κ1) is 14.4. The van der Waals surface area contributed by atoms with Gasteiger partial charge in [0.2, 0.25) is 5.91 Å². The highest BCUT2D eigenvalue weighted by Gasteiger charge is 2.29. The van der Waals surface area contributed by atoms with Crippen LogP contribution in [0.2, 0.25) is 0 Å². The summed E-state index contributed by atoms with van der Waals surface area (Å²) in [7, 11) is 0. The van der Waals surface area contributed by atoms with Crippen LogP contribution in [0, 0.1) is 5.92 Å². The van der Waals surface area contributed by atoms with E-state index in [4.69, 9.17) is 4.74 Å². The molecule has 0 spiro atoms. The van der Waals surface area contributed by atoms with Gasteiger partial charge in [0, 0.05) is 29.9 Å². The maximum absolute atomic E-state index is 11.8. The van der Waals surface area contributed by atoms with Crippen molar-refractivity contribution in [2.45, 2.75) is 51.2 Å². The Morgan fingerprint density at radius 1 is 1.29 bits per heavy atom. The van der Waals surface area contributed by atoms with Gasteiger partial charge in [-0.1, -0.05) is 13.0 Å². The summed E-state index contributed by atoms with van der Waals surface area (Å²) in [5.74, 6) is 0.395. The van der Waals surface area contributed by atoms with Gasteiger partial charge in [-0.25, -0.2) is 0 Å². The van der Waals surface area contributed by atoms with Crippen molar-refractivity contribution < 1.29 is 9.53 Å². The molecule has 1 heterocycles. The van der Waals surface area contributed by atoms with Crippen molar-refractivity contribution in [2.24, 2.45) is 5.92 Å². The predicted molar refractivity (Wildman–Crippen MR) is 84.5 cm³/mol. The molecule has 2 atom stereocenters. The number of carbonyl (C=O) groups excluding carboxylic acids is 1. The lowest BCUT2D eigenvalue weighted by atomic mass is 10.0. The lowest BCUT2D eigenvalue weighted by molar-refractivity contribution is -0.117. The third kappa shape index (κ3) is 3.97. The van der Waals surface area contributed by atoms with Gasteiger partial charge in [0.15, 0.2) is 0 Å². The zero-order valence-electron chi connectivity index (χ0n) is 12.6. The lowest BCUT2D eigenvalue weighted by Crippen LogP contribution is -2.33. The quantitative estimate of drug-likeness (QED) is 0.873. The van der Waals surface area contributed by atoms with E-state index in [1.165, 1.54) is 0 Å². The number of amides is 1. The van der Waals surface area contributed by atoms with Gasteiger partial charge in [-0.05, 0) is 50.3 Å². The van der Waals surface area contributed by atoms with E-state index in [2.05, 4.69) is 23.6 Å². The molecule has 4 nitrogen and oxygen atoms in total. The molecule has 1 saturated heterocycles. The minimum Gasteiger partial charge on any atom is -0.382 e. The maximum atomic E-state index is 11.8. The van der Waals surface area contributed by atoms with Crippen molar-refractivity contribution in [3.63, 3.8) is 0 Å². The monoisotopic (exact) mass is 288 g/mol. The first-order chi connectivity index (χ1) is 10.2. The smallest absolute Gasteiger partial charge is 0.227 e. The van der Waals surface area contributed by atoms with Crippen LogP contribution in [-0.2, 0) is 9.53 Å². The Balaban J connectivity index is 1.58. The summed E-state index contributed by atoms with van der Waals surface area (Å²) < 4.78 is 5.71. The van der Waals surface area contributed by atoms with Gasteiger partial charge < -0.3 is 15.4 Å². The van der Waals surface area contributed by atoms with Gasteiger partial charge >= 0.3 is 0 Å². The summed E-state index contributed by atoms with van der Waals surface area (Å²) in [4.78, 5) is 11.8. The Morgan fingerprint density at radius 2 is 2.10 bits per heavy atom. The van der Waals surface area contributed by atoms with E-state index in [-0.39, 0.29) is 11.8 Å². The third-order valence-corrected chi connectivity index (χ3v) is 4.27. The SMILES string of the molecule is CCC1CC(Nc2cccc(NC(=O)C3CC3)c2)CCO1. The molecule has 1 aromatic rings. The molecule has 114 valence electrons. The molecule has 1 aromatic carbocycles. The molecule has 1 saturated carbocycles. The second kappa shape index (κ2) is 6.48. The van der Waals surface area contributed by atoms with Crippen LogP contribution in [0.4, 0.5) is 11.4 Å². The van der Waals surface area contributed by atoms with Crippen LogP contribution in [0.25, 0.3) is 0 Å². The maximum Gasteiger partial charge on any atom is 0.227 e. The summed E-state index contributed by atoms with van der Waals surface area (Å²) in [6.45, 7) is 3.00. The average molecular weight is 288 g/mol. The number of anilines is 2. The summed E-state index contributed by atoms with van der Waals surface area (Å²) in [6, 6.07) is 8.48. The van der Waals surface area contributed by atoms with E-state index >= 15 is 0 Å². The Kier molecular flexibility index (Phi) is 4.44. The van der Waals surface area contributed by atoms with Crippen molar-refractivity contribution in [3.05, 3.63) is 24.3 Å². The molecule has 2 unspecified atom stereocenters. The van der Waals surface area contributed by atoms with Crippen LogP contribution in [0.3, 0.4) is 0 Å². The molecular formula is C17H24N2O2. The molecule has 1 amide bonds. The number of hydrogen-bond donors (Lipinski definition) is 2. The van der Waals surface area contributed by atoms with Crippen LogP contribution in [0.15, 0.2) is 24.3 Å². The normalized spacial score (nSPS) is 25.4. The fourth-order valence-corrected chi connectivity index (χ4v) is 2.81. The Bertz CT molecular complexity index is 499. The summed E-state index contributed by atoms with van der Waals surface area (Å²) in [5.41, 5.74) is 1.96. The van der Waals surface area contributed by atoms with Gasteiger partial charge in [0.05, 0.1) is 6.10 Å². The zero-order valence-corrected chi connectivity index (χ0v) is 12.6. The molecule has 2 aliphatic rings. The molecule has 3 rings (SSSR count). The first-order valence-electron chi connectivity index (χ1n) is 8.03. The zero-order chi connectivity index (χ0) is 14.7. The van der Waals surface area contributed by atoms with Crippen LogP contribution >= 0.6 is 0 Å². The number of carbonyl (C=O) groups is 1. The summed E-state index contributed by atoms with van der Waals surface area (Å²) in [5, 5.41) is 6.57. The average Bonchev–Trinajstić information content (AvgIpc) is 3.32. The van der Waals surface area contributed by atoms with E-state index in [0.29, 0.717) is 12.1 Å². The van der Waals surface area contributed by atoms with Gasteiger partial charge in [0.1, 0.15) is 0 Å². The van der Waals surface area contributed by atoms with Crippen molar-refractivity contribution in [2.75, 3.05) is 17.2 Å². The van der Waals surface area contributed by atoms with Crippen LogP contribution < -0.4 is 10.6 Å². The highest BCUT2D eigenvalue weighted by molar-refractivity contribution is 5.94. The van der Waals surface area contributed by atoms with E-state index in [1.54, 1.807) is 0 Å². The van der Waals surface area contributed by atoms with Crippen LogP contribution in [-0.4, -0.2) is 24.7 Å². The molecule has 0 radical (unpaired) electrons. The highest BCUT2D eigenvalue weighted by Crippen LogP contribution is 2.30. The summed E-state index contributed by atoms with van der Waals surface area (Å²) >= 11 is 0. The van der Waals surface area contributed by atoms with Gasteiger partial charge in [-0.15, -0.1) is 0 Å². The second-order valence-electron chi connectivity index (χ2n) is 6.11. The van der Waals surface area contributed by atoms with E-state index in [9.17, 15) is 4.79 Å². The molecule has 1 aliphatic heterocycles. The van der Waals surface area contributed by atoms with Crippen molar-refractivity contribution in [1.82, 2.24) is 0 Å². The number of nitrogens with one attached hydrogen (secondary N) is 2. The minimum absolute atomic E-state index is 0.157. The van der Waals surface area contributed by atoms with Gasteiger partial charge in [-0.3, -0.25) is 4.79 Å². The molecule has 0 aromatic heterocycles. The third-order valence-electron chi connectivity index (χ3n) is 4.27. The fourth-order valence-electron chi connectivity index (χ4n) is 2.81. The van der Waals surface area contributed by atoms with Crippen LogP contribution in [0.1, 0.15) is 39.0 Å². The largest absolute Gasteiger partial charge is 0.382 e. The van der Waals surface area contributed by atoms with E-state index in [0.717, 1.165) is 50.1 Å². The topological polar surface area (TPSA) is 50.4 Å². The standard InChI is InChI=1S/C17H24N2O2/c1-2-16-11-15(8-9-21-16)18-13-4-3-5-14(10-13)19-17(20)12-6-7-12/h3-5,10,12,15-16,18H,2,6-9,11H2,1H3,(H,19,20). The highest BCUT2D eigenvalue weighted by atomic mass is 16.5. The number of ether oxygens (including phenoxy) is 1. The second-order valence-corrected chi connectivity index (χ2v) is 6.11. The van der Waals surface area contributed by atoms with Gasteiger partial charge in [-0.2, -0.15) is 0 Å². The molecule has 21 heavy (non-hydrogen) atoms. The minimum atomic E-state index is 0.157. The van der Waals surface area contributed by atoms with E-state index < -0.39 is 0 Å². The molecule has 2 N–H and O–H groups in total. The fraction of sp³-hybridized carbons (Fsp3) is 0.588. The number of hydrogen-bond acceptors (Lipinski definition) is 3. The predicted octanol–water partition coefficient (Wildman–Crippen LogP) is 3.40. The lowest BCUT2D eigenvalue weighted by Gasteiger charge is -2.30. The molecule has 0 bridgehead atoms. The van der Waals surface area contributed by atoms with Crippen molar-refractivity contribution in [3.8, 4) is 0 Å². The van der Waals surface area contributed by atoms with Crippen molar-refractivity contribution >= 4 is 17.3 Å². The molecule has 2 fully saturated rings. The Labute approximate surface area is 126 Å². The first-order valence-corrected chi connectivity index (χ1v) is 8.03. The number of benzene rings is 1. The molecule has 1 aliphatic carbocycles.